The quantitative estimate of drug-likeness (QED) is 0.929. The van der Waals surface area contributed by atoms with Gasteiger partial charge in [0.15, 0.2) is 0 Å². The van der Waals surface area contributed by atoms with Gasteiger partial charge in [0, 0.05) is 24.1 Å². The highest BCUT2D eigenvalue weighted by Crippen LogP contribution is 2.34. The Morgan fingerprint density at radius 2 is 2.00 bits per heavy atom. The summed E-state index contributed by atoms with van der Waals surface area (Å²) in [6.45, 7) is 2.86. The van der Waals surface area contributed by atoms with Crippen LogP contribution < -0.4 is 10.6 Å². The predicted octanol–water partition coefficient (Wildman–Crippen LogP) is 2.45. The number of aromatic nitrogens is 2. The highest BCUT2D eigenvalue weighted by Gasteiger charge is 2.25. The van der Waals surface area contributed by atoms with Crippen molar-refractivity contribution < 1.29 is 0 Å². The lowest BCUT2D eigenvalue weighted by Crippen LogP contribution is -2.34. The van der Waals surface area contributed by atoms with Crippen molar-refractivity contribution in [2.24, 2.45) is 5.73 Å². The second kappa shape index (κ2) is 5.59. The Balaban J connectivity index is 1.96. The maximum atomic E-state index is 5.56. The second-order valence-electron chi connectivity index (χ2n) is 5.32. The van der Waals surface area contributed by atoms with Gasteiger partial charge in [0.05, 0.1) is 0 Å². The monoisotopic (exact) mass is 268 g/mol. The van der Waals surface area contributed by atoms with Gasteiger partial charge in [0.25, 0.3) is 0 Å². The van der Waals surface area contributed by atoms with E-state index in [1.54, 1.807) is 0 Å². The van der Waals surface area contributed by atoms with E-state index in [0.717, 1.165) is 30.8 Å². The van der Waals surface area contributed by atoms with E-state index in [1.165, 1.54) is 11.3 Å². The predicted molar refractivity (Wildman–Crippen MR) is 81.2 cm³/mol. The normalized spacial score (nSPS) is 17.9. The number of nitrogens with zero attached hydrogens (tertiary/aromatic N) is 3. The van der Waals surface area contributed by atoms with Crippen LogP contribution in [0.2, 0.25) is 0 Å². The standard InChI is InChI=1S/C16H20N4/c1-12-6-7-14-4-2-3-5-15(14)20(12)16-18-10-13(8-9-17)11-19-16/h2-5,10-12H,6-9,17H2,1H3. The summed E-state index contributed by atoms with van der Waals surface area (Å²) in [5.41, 5.74) is 9.26. The molecule has 0 spiro atoms. The molecular weight excluding hydrogens is 248 g/mol. The van der Waals surface area contributed by atoms with E-state index in [9.17, 15) is 0 Å². The minimum Gasteiger partial charge on any atom is -0.330 e. The maximum absolute atomic E-state index is 5.56. The van der Waals surface area contributed by atoms with E-state index in [2.05, 4.69) is 46.1 Å². The summed E-state index contributed by atoms with van der Waals surface area (Å²) in [7, 11) is 0. The molecule has 1 aliphatic heterocycles. The number of para-hydroxylation sites is 1. The highest BCUT2D eigenvalue weighted by atomic mass is 15.3. The van der Waals surface area contributed by atoms with E-state index in [4.69, 9.17) is 5.73 Å². The Morgan fingerprint density at radius 1 is 1.25 bits per heavy atom. The smallest absolute Gasteiger partial charge is 0.230 e. The Morgan fingerprint density at radius 3 is 2.75 bits per heavy atom. The van der Waals surface area contributed by atoms with E-state index in [0.29, 0.717) is 12.6 Å². The maximum Gasteiger partial charge on any atom is 0.230 e. The average Bonchev–Trinajstić information content (AvgIpc) is 2.49. The molecule has 0 saturated heterocycles. The van der Waals surface area contributed by atoms with Crippen LogP contribution in [0, 0.1) is 0 Å². The van der Waals surface area contributed by atoms with Gasteiger partial charge in [-0.2, -0.15) is 0 Å². The molecule has 1 aliphatic rings. The van der Waals surface area contributed by atoms with Crippen LogP contribution in [0.5, 0.6) is 0 Å². The minimum atomic E-state index is 0.422. The number of hydrogen-bond acceptors (Lipinski definition) is 4. The van der Waals surface area contributed by atoms with Gasteiger partial charge in [-0.1, -0.05) is 18.2 Å². The molecule has 0 amide bonds. The lowest BCUT2D eigenvalue weighted by atomic mass is 9.97. The molecule has 104 valence electrons. The largest absolute Gasteiger partial charge is 0.330 e. The van der Waals surface area contributed by atoms with Crippen molar-refractivity contribution in [3.05, 3.63) is 47.8 Å². The van der Waals surface area contributed by atoms with Crippen LogP contribution in [-0.2, 0) is 12.8 Å². The first-order valence-electron chi connectivity index (χ1n) is 7.17. The molecule has 2 aromatic rings. The van der Waals surface area contributed by atoms with E-state index in [1.807, 2.05) is 12.4 Å². The van der Waals surface area contributed by atoms with E-state index in [-0.39, 0.29) is 0 Å². The zero-order valence-corrected chi connectivity index (χ0v) is 11.8. The molecular formula is C16H20N4. The number of hydrogen-bond donors (Lipinski definition) is 1. The summed E-state index contributed by atoms with van der Waals surface area (Å²) in [6, 6.07) is 8.94. The van der Waals surface area contributed by atoms with Gasteiger partial charge in [0.2, 0.25) is 5.95 Å². The van der Waals surface area contributed by atoms with Crippen LogP contribution in [0.15, 0.2) is 36.7 Å². The molecule has 4 nitrogen and oxygen atoms in total. The van der Waals surface area contributed by atoms with E-state index >= 15 is 0 Å². The molecule has 1 atom stereocenters. The van der Waals surface area contributed by atoms with Crippen LogP contribution in [0.25, 0.3) is 0 Å². The molecule has 4 heteroatoms. The summed E-state index contributed by atoms with van der Waals surface area (Å²) in [6.07, 6.45) is 6.86. The fraction of sp³-hybridized carbons (Fsp3) is 0.375. The number of anilines is 2. The lowest BCUT2D eigenvalue weighted by Gasteiger charge is -2.35. The number of rotatable bonds is 3. The minimum absolute atomic E-state index is 0.422. The fourth-order valence-corrected chi connectivity index (χ4v) is 2.76. The van der Waals surface area contributed by atoms with Crippen molar-refractivity contribution >= 4 is 11.6 Å². The first kappa shape index (κ1) is 13.1. The van der Waals surface area contributed by atoms with Gasteiger partial charge in [-0.3, -0.25) is 0 Å². The lowest BCUT2D eigenvalue weighted by molar-refractivity contribution is 0.607. The Labute approximate surface area is 119 Å². The summed E-state index contributed by atoms with van der Waals surface area (Å²) in [5.74, 6) is 0.783. The summed E-state index contributed by atoms with van der Waals surface area (Å²) in [4.78, 5) is 11.3. The van der Waals surface area contributed by atoms with Gasteiger partial charge in [0.1, 0.15) is 0 Å². The first-order chi connectivity index (χ1) is 9.79. The molecule has 2 N–H and O–H groups in total. The second-order valence-corrected chi connectivity index (χ2v) is 5.32. The Kier molecular flexibility index (Phi) is 3.65. The molecule has 0 aliphatic carbocycles. The molecule has 2 heterocycles. The molecule has 0 radical (unpaired) electrons. The van der Waals surface area contributed by atoms with Crippen molar-refractivity contribution in [3.63, 3.8) is 0 Å². The third-order valence-corrected chi connectivity index (χ3v) is 3.86. The zero-order valence-electron chi connectivity index (χ0n) is 11.8. The van der Waals surface area contributed by atoms with Gasteiger partial charge >= 0.3 is 0 Å². The van der Waals surface area contributed by atoms with Crippen molar-refractivity contribution in [1.82, 2.24) is 9.97 Å². The number of benzene rings is 1. The Bertz CT molecular complexity index is 579. The van der Waals surface area contributed by atoms with Crippen LogP contribution in [0.3, 0.4) is 0 Å². The molecule has 0 fully saturated rings. The first-order valence-corrected chi connectivity index (χ1v) is 7.17. The SMILES string of the molecule is CC1CCc2ccccc2N1c1ncc(CCN)cn1. The average molecular weight is 268 g/mol. The van der Waals surface area contributed by atoms with Crippen molar-refractivity contribution in [2.45, 2.75) is 32.2 Å². The van der Waals surface area contributed by atoms with Crippen LogP contribution in [0.1, 0.15) is 24.5 Å². The van der Waals surface area contributed by atoms with Gasteiger partial charge in [-0.25, -0.2) is 9.97 Å². The molecule has 1 aromatic heterocycles. The molecule has 0 bridgehead atoms. The van der Waals surface area contributed by atoms with Gasteiger partial charge < -0.3 is 10.6 Å². The van der Waals surface area contributed by atoms with Crippen LogP contribution in [-0.4, -0.2) is 22.6 Å². The molecule has 3 rings (SSSR count). The molecule has 0 saturated carbocycles. The number of fused-ring (bicyclic) bond motifs is 1. The van der Waals surface area contributed by atoms with E-state index < -0.39 is 0 Å². The van der Waals surface area contributed by atoms with Crippen molar-refractivity contribution in [2.75, 3.05) is 11.4 Å². The molecule has 1 unspecified atom stereocenters. The number of nitrogens with two attached hydrogens (primary N) is 1. The van der Waals surface area contributed by atoms with Gasteiger partial charge in [-0.15, -0.1) is 0 Å². The summed E-state index contributed by atoms with van der Waals surface area (Å²) in [5, 5.41) is 0. The fourth-order valence-electron chi connectivity index (χ4n) is 2.76. The van der Waals surface area contributed by atoms with Crippen LogP contribution in [0.4, 0.5) is 11.6 Å². The van der Waals surface area contributed by atoms with Crippen LogP contribution >= 0.6 is 0 Å². The highest BCUT2D eigenvalue weighted by molar-refractivity contribution is 5.64. The topological polar surface area (TPSA) is 55.0 Å². The summed E-state index contributed by atoms with van der Waals surface area (Å²) >= 11 is 0. The van der Waals surface area contributed by atoms with Crippen molar-refractivity contribution in [3.8, 4) is 0 Å². The third kappa shape index (κ3) is 2.39. The zero-order chi connectivity index (χ0) is 13.9. The molecule has 1 aromatic carbocycles. The number of aryl methyl sites for hydroxylation is 1. The Hall–Kier alpha value is -1.94. The molecule has 20 heavy (non-hydrogen) atoms. The van der Waals surface area contributed by atoms with Gasteiger partial charge in [-0.05, 0) is 49.9 Å². The van der Waals surface area contributed by atoms with Crippen molar-refractivity contribution in [1.29, 1.82) is 0 Å². The third-order valence-electron chi connectivity index (χ3n) is 3.86. The summed E-state index contributed by atoms with van der Waals surface area (Å²) < 4.78 is 0.